The van der Waals surface area contributed by atoms with Crippen LogP contribution < -0.4 is 9.62 Å². The number of carbonyl (C=O) groups excluding carboxylic acids is 2. The molecule has 3 aromatic rings. The molecule has 10 heteroatoms. The van der Waals surface area contributed by atoms with Gasteiger partial charge in [0.2, 0.25) is 11.8 Å². The molecule has 1 N–H and O–H groups in total. The van der Waals surface area contributed by atoms with Gasteiger partial charge < -0.3 is 10.2 Å². The van der Waals surface area contributed by atoms with Crippen molar-refractivity contribution in [1.82, 2.24) is 10.2 Å². The van der Waals surface area contributed by atoms with Crippen LogP contribution in [0.4, 0.5) is 10.1 Å². The van der Waals surface area contributed by atoms with Crippen molar-refractivity contribution in [3.63, 3.8) is 0 Å². The van der Waals surface area contributed by atoms with E-state index < -0.39 is 34.3 Å². The van der Waals surface area contributed by atoms with E-state index in [0.717, 1.165) is 15.4 Å². The number of carbonyl (C=O) groups is 2. The first-order valence-corrected chi connectivity index (χ1v) is 14.8. The van der Waals surface area contributed by atoms with Gasteiger partial charge in [-0.2, -0.15) is 0 Å². The van der Waals surface area contributed by atoms with Gasteiger partial charge in [0.1, 0.15) is 18.4 Å². The van der Waals surface area contributed by atoms with Gasteiger partial charge >= 0.3 is 0 Å². The summed E-state index contributed by atoms with van der Waals surface area (Å²) in [6, 6.07) is 15.5. The number of rotatable bonds is 11. The normalized spacial score (nSPS) is 12.2. The zero-order valence-electron chi connectivity index (χ0n) is 23.3. The number of nitrogens with one attached hydrogen (secondary N) is 1. The van der Waals surface area contributed by atoms with E-state index in [-0.39, 0.29) is 23.4 Å². The first-order chi connectivity index (χ1) is 18.8. The quantitative estimate of drug-likeness (QED) is 0.315. The Labute approximate surface area is 241 Å². The second kappa shape index (κ2) is 13.3. The minimum Gasteiger partial charge on any atom is -0.352 e. The van der Waals surface area contributed by atoms with E-state index in [9.17, 15) is 22.4 Å². The van der Waals surface area contributed by atoms with Crippen LogP contribution >= 0.6 is 11.6 Å². The molecule has 7 nitrogen and oxygen atoms in total. The van der Waals surface area contributed by atoms with Crippen molar-refractivity contribution in [2.45, 2.75) is 64.6 Å². The summed E-state index contributed by atoms with van der Waals surface area (Å²) < 4.78 is 42.5. The summed E-state index contributed by atoms with van der Waals surface area (Å²) in [4.78, 5) is 28.5. The molecule has 0 fully saturated rings. The van der Waals surface area contributed by atoms with Gasteiger partial charge in [0.05, 0.1) is 10.6 Å². The van der Waals surface area contributed by atoms with Gasteiger partial charge in [-0.05, 0) is 99.3 Å². The van der Waals surface area contributed by atoms with E-state index in [1.807, 2.05) is 27.7 Å². The standard InChI is InChI=1S/C30H35ClFN3O4S/c1-6-28(30(37)33-20(2)3)34(18-23-8-12-25(32)13-9-23)29(36)19-35(26-14-7-21(4)22(5)17-26)40(38,39)27-15-10-24(31)11-16-27/h7-17,20,28H,6,18-19H2,1-5H3,(H,33,37)/t28-/m0/s1. The second-order valence-corrected chi connectivity index (χ2v) is 12.3. The fraction of sp³-hybridized carbons (Fsp3) is 0.333. The van der Waals surface area contributed by atoms with E-state index in [0.29, 0.717) is 22.7 Å². The fourth-order valence-corrected chi connectivity index (χ4v) is 5.76. The van der Waals surface area contributed by atoms with Crippen LogP contribution in [-0.4, -0.2) is 43.8 Å². The molecule has 3 aromatic carbocycles. The molecule has 2 amide bonds. The molecule has 0 spiro atoms. The molecule has 0 saturated heterocycles. The van der Waals surface area contributed by atoms with Gasteiger partial charge in [-0.1, -0.05) is 36.7 Å². The maximum absolute atomic E-state index is 14.0. The molecule has 0 aliphatic rings. The molecule has 40 heavy (non-hydrogen) atoms. The Morgan fingerprint density at radius 1 is 0.950 bits per heavy atom. The zero-order chi connectivity index (χ0) is 29.6. The Morgan fingerprint density at radius 3 is 2.12 bits per heavy atom. The number of benzene rings is 3. The number of amides is 2. The minimum atomic E-state index is -4.20. The number of hydrogen-bond acceptors (Lipinski definition) is 4. The van der Waals surface area contributed by atoms with Gasteiger partial charge in [-0.15, -0.1) is 0 Å². The van der Waals surface area contributed by atoms with E-state index in [4.69, 9.17) is 11.6 Å². The lowest BCUT2D eigenvalue weighted by Gasteiger charge is -2.33. The monoisotopic (exact) mass is 587 g/mol. The summed E-state index contributed by atoms with van der Waals surface area (Å²) in [6.45, 7) is 8.61. The first-order valence-electron chi connectivity index (χ1n) is 13.0. The summed E-state index contributed by atoms with van der Waals surface area (Å²) in [5, 5.41) is 3.22. The van der Waals surface area contributed by atoms with Crippen molar-refractivity contribution in [2.24, 2.45) is 0 Å². The number of anilines is 1. The molecule has 214 valence electrons. The lowest BCUT2D eigenvalue weighted by atomic mass is 10.1. The SMILES string of the molecule is CC[C@@H](C(=O)NC(C)C)N(Cc1ccc(F)cc1)C(=O)CN(c1ccc(C)c(C)c1)S(=O)(=O)c1ccc(Cl)cc1. The topological polar surface area (TPSA) is 86.8 Å². The van der Waals surface area contributed by atoms with Crippen LogP contribution in [0.3, 0.4) is 0 Å². The molecule has 0 unspecified atom stereocenters. The van der Waals surface area contributed by atoms with Crippen molar-refractivity contribution < 1.29 is 22.4 Å². The Balaban J connectivity index is 2.08. The third-order valence-electron chi connectivity index (χ3n) is 6.54. The van der Waals surface area contributed by atoms with Crippen molar-refractivity contribution >= 4 is 39.1 Å². The molecule has 3 rings (SSSR count). The fourth-order valence-electron chi connectivity index (χ4n) is 4.23. The van der Waals surface area contributed by atoms with E-state index in [1.54, 1.807) is 25.1 Å². The highest BCUT2D eigenvalue weighted by Gasteiger charge is 2.34. The number of halogens is 2. The van der Waals surface area contributed by atoms with Crippen LogP contribution in [0, 0.1) is 19.7 Å². The zero-order valence-corrected chi connectivity index (χ0v) is 24.9. The summed E-state index contributed by atoms with van der Waals surface area (Å²) in [5.41, 5.74) is 2.73. The Morgan fingerprint density at radius 2 is 1.57 bits per heavy atom. The smallest absolute Gasteiger partial charge is 0.264 e. The van der Waals surface area contributed by atoms with Crippen molar-refractivity contribution in [3.8, 4) is 0 Å². The molecular weight excluding hydrogens is 553 g/mol. The molecule has 0 aliphatic carbocycles. The molecular formula is C30H35ClFN3O4S. The lowest BCUT2D eigenvalue weighted by molar-refractivity contribution is -0.140. The average molecular weight is 588 g/mol. The van der Waals surface area contributed by atoms with Crippen LogP contribution in [0.2, 0.25) is 5.02 Å². The Bertz CT molecular complexity index is 1440. The predicted octanol–water partition coefficient (Wildman–Crippen LogP) is 5.62. The Hall–Kier alpha value is -3.43. The molecule has 1 atom stereocenters. The van der Waals surface area contributed by atoms with Gasteiger partial charge in [-0.3, -0.25) is 13.9 Å². The third-order valence-corrected chi connectivity index (χ3v) is 8.58. The number of aryl methyl sites for hydroxylation is 2. The van der Waals surface area contributed by atoms with Crippen LogP contribution in [0.15, 0.2) is 71.6 Å². The van der Waals surface area contributed by atoms with Crippen LogP contribution in [0.25, 0.3) is 0 Å². The highest BCUT2D eigenvalue weighted by Crippen LogP contribution is 2.27. The van der Waals surface area contributed by atoms with Crippen molar-refractivity contribution in [3.05, 3.63) is 94.3 Å². The van der Waals surface area contributed by atoms with Gasteiger partial charge in [0.25, 0.3) is 10.0 Å². The second-order valence-electron chi connectivity index (χ2n) is 9.97. The molecule has 0 heterocycles. The number of nitrogens with zero attached hydrogens (tertiary/aromatic N) is 2. The summed E-state index contributed by atoms with van der Waals surface area (Å²) in [6.07, 6.45) is 0.291. The van der Waals surface area contributed by atoms with Crippen LogP contribution in [-0.2, 0) is 26.2 Å². The maximum atomic E-state index is 14.0. The summed E-state index contributed by atoms with van der Waals surface area (Å²) >= 11 is 6.00. The molecule has 0 aliphatic heterocycles. The van der Waals surface area contributed by atoms with Crippen LogP contribution in [0.5, 0.6) is 0 Å². The summed E-state index contributed by atoms with van der Waals surface area (Å²) in [5.74, 6) is -1.36. The largest absolute Gasteiger partial charge is 0.352 e. The first kappa shape index (κ1) is 31.1. The third kappa shape index (κ3) is 7.61. The average Bonchev–Trinajstić information content (AvgIpc) is 2.89. The van der Waals surface area contributed by atoms with Crippen molar-refractivity contribution in [1.29, 1.82) is 0 Å². The summed E-state index contributed by atoms with van der Waals surface area (Å²) in [7, 11) is -4.20. The molecule has 0 saturated carbocycles. The number of hydrogen-bond donors (Lipinski definition) is 1. The van der Waals surface area contributed by atoms with E-state index >= 15 is 0 Å². The number of sulfonamides is 1. The highest BCUT2D eigenvalue weighted by molar-refractivity contribution is 7.92. The molecule has 0 radical (unpaired) electrons. The Kier molecular flexibility index (Phi) is 10.3. The van der Waals surface area contributed by atoms with Crippen LogP contribution in [0.1, 0.15) is 43.9 Å². The highest BCUT2D eigenvalue weighted by atomic mass is 35.5. The van der Waals surface area contributed by atoms with Crippen molar-refractivity contribution in [2.75, 3.05) is 10.8 Å². The van der Waals surface area contributed by atoms with Gasteiger partial charge in [0, 0.05) is 17.6 Å². The lowest BCUT2D eigenvalue weighted by Crippen LogP contribution is -2.53. The van der Waals surface area contributed by atoms with E-state index in [1.165, 1.54) is 53.4 Å². The molecule has 0 bridgehead atoms. The predicted molar refractivity (Wildman–Crippen MR) is 156 cm³/mol. The maximum Gasteiger partial charge on any atom is 0.264 e. The van der Waals surface area contributed by atoms with Gasteiger partial charge in [-0.25, -0.2) is 12.8 Å². The van der Waals surface area contributed by atoms with Gasteiger partial charge in [0.15, 0.2) is 0 Å². The molecule has 0 aromatic heterocycles. The minimum absolute atomic E-state index is 0.00903. The van der Waals surface area contributed by atoms with E-state index in [2.05, 4.69) is 5.32 Å².